The molecular weight excluding hydrogens is 417 g/mol. The molecule has 29 heavy (non-hydrogen) atoms. The molecule has 0 heterocycles. The number of halogens is 2. The fourth-order valence-corrected chi connectivity index (χ4v) is 3.93. The van der Waals surface area contributed by atoms with Crippen LogP contribution >= 0.6 is 8.25 Å². The summed E-state index contributed by atoms with van der Waals surface area (Å²) in [6.45, 7) is 14.3. The van der Waals surface area contributed by atoms with E-state index in [1.165, 1.54) is 0 Å². The molecule has 1 unspecified atom stereocenters. The number of benzene rings is 1. The van der Waals surface area contributed by atoms with Gasteiger partial charge in [-0.3, -0.25) is 0 Å². The molecule has 2 N–H and O–H groups in total. The molecule has 0 amide bonds. The van der Waals surface area contributed by atoms with Gasteiger partial charge in [0.1, 0.15) is 6.10 Å². The van der Waals surface area contributed by atoms with Crippen molar-refractivity contribution in [2.75, 3.05) is 0 Å². The summed E-state index contributed by atoms with van der Waals surface area (Å²) in [5.41, 5.74) is -0.00591. The van der Waals surface area contributed by atoms with Gasteiger partial charge in [-0.1, -0.05) is 65.0 Å². The van der Waals surface area contributed by atoms with E-state index in [-0.39, 0.29) is 5.04 Å². The maximum atomic E-state index is 14.0. The molecule has 0 fully saturated rings. The van der Waals surface area contributed by atoms with Gasteiger partial charge in [0.05, 0.1) is 12.2 Å². The number of ether oxygens (including phenoxy) is 1. The molecule has 1 rings (SSSR count). The molecule has 1 atom stereocenters. The first kappa shape index (κ1) is 28.2. The Morgan fingerprint density at radius 3 is 1.86 bits per heavy atom. The zero-order valence-electron chi connectivity index (χ0n) is 18.5. The molecule has 0 aromatic heterocycles. The van der Waals surface area contributed by atoms with Gasteiger partial charge in [0.2, 0.25) is 0 Å². The Morgan fingerprint density at radius 1 is 1.07 bits per heavy atom. The molecule has 0 saturated carbocycles. The Bertz CT molecular complexity index is 601. The zero-order chi connectivity index (χ0) is 22.9. The Kier molecular flexibility index (Phi) is 11.9. The van der Waals surface area contributed by atoms with Crippen molar-refractivity contribution >= 4 is 16.6 Å². The normalized spacial score (nSPS) is 13.7. The summed E-state index contributed by atoms with van der Waals surface area (Å²) < 4.78 is 49.0. The highest BCUT2D eigenvalue weighted by Gasteiger charge is 2.49. The third-order valence-corrected chi connectivity index (χ3v) is 10.00. The summed E-state index contributed by atoms with van der Waals surface area (Å²) in [4.78, 5) is 14.2. The molecule has 1 aromatic rings. The van der Waals surface area contributed by atoms with E-state index in [1.54, 1.807) is 0 Å². The van der Waals surface area contributed by atoms with E-state index in [2.05, 4.69) is 20.8 Å². The van der Waals surface area contributed by atoms with Crippen LogP contribution in [0.25, 0.3) is 0 Å². The van der Waals surface area contributed by atoms with E-state index in [9.17, 15) is 8.78 Å². The summed E-state index contributed by atoms with van der Waals surface area (Å²) in [7, 11) is -5.21. The Morgan fingerprint density at radius 2 is 1.52 bits per heavy atom. The van der Waals surface area contributed by atoms with Gasteiger partial charge in [0.25, 0.3) is 6.43 Å². The van der Waals surface area contributed by atoms with E-state index in [0.717, 1.165) is 5.56 Å². The second-order valence-corrected chi connectivity index (χ2v) is 13.7. The van der Waals surface area contributed by atoms with Crippen LogP contribution in [0.1, 0.15) is 53.0 Å². The van der Waals surface area contributed by atoms with E-state index in [0.29, 0.717) is 19.4 Å². The fourth-order valence-electron chi connectivity index (χ4n) is 2.62. The van der Waals surface area contributed by atoms with E-state index in [1.807, 2.05) is 57.3 Å². The van der Waals surface area contributed by atoms with Crippen LogP contribution < -0.4 is 0 Å². The first-order valence-electron chi connectivity index (χ1n) is 9.71. The summed E-state index contributed by atoms with van der Waals surface area (Å²) in [5, 5.41) is -0.132. The summed E-state index contributed by atoms with van der Waals surface area (Å²) in [5.74, 6) is 0. The molecule has 1 aromatic carbocycles. The van der Waals surface area contributed by atoms with Gasteiger partial charge in [-0.05, 0) is 36.5 Å². The summed E-state index contributed by atoms with van der Waals surface area (Å²) >= 11 is 0. The Hall–Kier alpha value is -0.763. The van der Waals surface area contributed by atoms with Gasteiger partial charge in [-0.25, -0.2) is 8.78 Å². The minimum Gasteiger partial charge on any atom is -0.405 e. The number of alkyl halides is 2. The van der Waals surface area contributed by atoms with Crippen molar-refractivity contribution in [2.45, 2.75) is 90.3 Å². The van der Waals surface area contributed by atoms with Crippen molar-refractivity contribution in [3.05, 3.63) is 35.9 Å². The third kappa shape index (κ3) is 9.28. The van der Waals surface area contributed by atoms with Crippen molar-refractivity contribution in [1.29, 1.82) is 0 Å². The maximum absolute atomic E-state index is 14.0. The van der Waals surface area contributed by atoms with E-state index < -0.39 is 34.7 Å². The zero-order valence-corrected chi connectivity index (χ0v) is 20.4. The molecule has 0 aliphatic heterocycles. The van der Waals surface area contributed by atoms with Crippen LogP contribution in [0, 0.1) is 0 Å². The first-order chi connectivity index (χ1) is 13.2. The SMILES string of the molecule is CCC(CC)(OCc1ccccc1)C(O[Si](C)(C)C(C)(C)C)C(F)F.O=[P+](O)O. The van der Waals surface area contributed by atoms with Gasteiger partial charge in [-0.2, -0.15) is 0 Å². The van der Waals surface area contributed by atoms with Crippen molar-refractivity contribution in [2.24, 2.45) is 0 Å². The van der Waals surface area contributed by atoms with Gasteiger partial charge < -0.3 is 9.16 Å². The van der Waals surface area contributed by atoms with Crippen LogP contribution in [-0.2, 0) is 20.3 Å². The highest BCUT2D eigenvalue weighted by atomic mass is 31.1. The fraction of sp³-hybridized carbons (Fsp3) is 0.700. The predicted molar refractivity (Wildman–Crippen MR) is 115 cm³/mol. The molecule has 0 aliphatic rings. The molecule has 0 aliphatic carbocycles. The van der Waals surface area contributed by atoms with Crippen LogP contribution in [0.15, 0.2) is 30.3 Å². The van der Waals surface area contributed by atoms with Crippen molar-refractivity contribution in [3.8, 4) is 0 Å². The van der Waals surface area contributed by atoms with E-state index in [4.69, 9.17) is 23.5 Å². The molecular formula is C20H36F2O5PSi+. The number of rotatable bonds is 9. The average molecular weight is 454 g/mol. The molecule has 0 saturated heterocycles. The van der Waals surface area contributed by atoms with E-state index >= 15 is 0 Å². The molecule has 0 radical (unpaired) electrons. The predicted octanol–water partition coefficient (Wildman–Crippen LogP) is 6.05. The second kappa shape index (κ2) is 12.2. The first-order valence-corrected chi connectivity index (χ1v) is 13.8. The molecule has 9 heteroatoms. The van der Waals surface area contributed by atoms with Crippen LogP contribution in [0.4, 0.5) is 8.78 Å². The second-order valence-electron chi connectivity index (χ2n) is 8.43. The topological polar surface area (TPSA) is 76.0 Å². The van der Waals surface area contributed by atoms with Gasteiger partial charge >= 0.3 is 8.25 Å². The lowest BCUT2D eigenvalue weighted by atomic mass is 9.90. The van der Waals surface area contributed by atoms with Crippen LogP contribution in [-0.4, -0.2) is 36.2 Å². The van der Waals surface area contributed by atoms with Crippen LogP contribution in [0.5, 0.6) is 0 Å². The lowest BCUT2D eigenvalue weighted by molar-refractivity contribution is -0.171. The minimum absolute atomic E-state index is 0.132. The lowest BCUT2D eigenvalue weighted by Gasteiger charge is -2.46. The quantitative estimate of drug-likeness (QED) is 0.352. The molecule has 0 bridgehead atoms. The van der Waals surface area contributed by atoms with Gasteiger partial charge in [0, 0.05) is 4.57 Å². The van der Waals surface area contributed by atoms with Crippen LogP contribution in [0.2, 0.25) is 18.1 Å². The van der Waals surface area contributed by atoms with Crippen LogP contribution in [0.3, 0.4) is 0 Å². The monoisotopic (exact) mass is 453 g/mol. The van der Waals surface area contributed by atoms with Gasteiger partial charge in [-0.15, -0.1) is 9.79 Å². The highest BCUT2D eigenvalue weighted by molar-refractivity contribution is 7.30. The molecule has 0 spiro atoms. The largest absolute Gasteiger partial charge is 0.692 e. The standard InChI is InChI=1S/C20H34F2O2Si.HO3P/c1-8-20(9-2,23-15-16-13-11-10-12-14-16)17(18(21)22)24-25(6,7)19(3,4)5;1-4(2)3/h10-14,17-18H,8-9,15H2,1-7H3;(H-,1,2,3)/p+1. The maximum Gasteiger partial charge on any atom is 0.692 e. The molecule has 168 valence electrons. The number of hydrogen-bond acceptors (Lipinski definition) is 3. The van der Waals surface area contributed by atoms with Crippen molar-refractivity contribution < 1.29 is 32.3 Å². The Labute approximate surface area is 175 Å². The third-order valence-electron chi connectivity index (χ3n) is 5.54. The van der Waals surface area contributed by atoms with Crippen molar-refractivity contribution in [3.63, 3.8) is 0 Å². The van der Waals surface area contributed by atoms with Crippen molar-refractivity contribution in [1.82, 2.24) is 0 Å². The smallest absolute Gasteiger partial charge is 0.405 e. The molecule has 5 nitrogen and oxygen atoms in total. The highest BCUT2D eigenvalue weighted by Crippen LogP contribution is 2.41. The average Bonchev–Trinajstić information content (AvgIpc) is 2.61. The number of hydrogen-bond donors (Lipinski definition) is 2. The summed E-state index contributed by atoms with van der Waals surface area (Å²) in [6.07, 6.45) is -2.82. The lowest BCUT2D eigenvalue weighted by Crippen LogP contribution is -2.56. The Balaban J connectivity index is 0.00000178. The summed E-state index contributed by atoms with van der Waals surface area (Å²) in [6, 6.07) is 9.67. The minimum atomic E-state index is -2.87. The van der Waals surface area contributed by atoms with Gasteiger partial charge in [0.15, 0.2) is 8.32 Å².